The molecule has 33 heavy (non-hydrogen) atoms. The van der Waals surface area contributed by atoms with Gasteiger partial charge in [-0.1, -0.05) is 45.7 Å². The molecule has 3 amide bonds. The lowest BCUT2D eigenvalue weighted by molar-refractivity contribution is -0.140. The Hall–Kier alpha value is -2.44. The third-order valence-corrected chi connectivity index (χ3v) is 8.84. The molecule has 0 aromatic heterocycles. The van der Waals surface area contributed by atoms with Gasteiger partial charge in [-0.15, -0.1) is 0 Å². The number of allylic oxidation sites excluding steroid dienone is 2. The van der Waals surface area contributed by atoms with E-state index in [2.05, 4.69) is 28.1 Å². The molecule has 3 fully saturated rings. The van der Waals surface area contributed by atoms with Gasteiger partial charge in [0.2, 0.25) is 11.8 Å². The minimum absolute atomic E-state index is 0.116. The van der Waals surface area contributed by atoms with Crippen LogP contribution in [0.3, 0.4) is 0 Å². The van der Waals surface area contributed by atoms with Crippen LogP contribution < -0.4 is 4.90 Å². The van der Waals surface area contributed by atoms with E-state index < -0.39 is 0 Å². The molecule has 168 valence electrons. The van der Waals surface area contributed by atoms with Crippen LogP contribution >= 0.6 is 27.5 Å². The maximum Gasteiger partial charge on any atom is 0.259 e. The second-order valence-corrected chi connectivity index (χ2v) is 10.8. The van der Waals surface area contributed by atoms with Gasteiger partial charge in [0.25, 0.3) is 5.91 Å². The molecule has 5 nitrogen and oxygen atoms in total. The SMILES string of the molecule is Cc1c(Cl)cccc1N(CN1C(=O)C2C3C=CC(C4CC34)C2C1=O)C(=O)c1ccc(Br)cc1. The topological polar surface area (TPSA) is 57.7 Å². The molecule has 5 aliphatic rings. The van der Waals surface area contributed by atoms with Gasteiger partial charge in [-0.05, 0) is 79.0 Å². The summed E-state index contributed by atoms with van der Waals surface area (Å²) in [6, 6.07) is 12.4. The summed E-state index contributed by atoms with van der Waals surface area (Å²) >= 11 is 9.77. The lowest BCUT2D eigenvalue weighted by Crippen LogP contribution is -2.45. The summed E-state index contributed by atoms with van der Waals surface area (Å²) in [5.41, 5.74) is 1.79. The van der Waals surface area contributed by atoms with Crippen LogP contribution in [0.4, 0.5) is 5.69 Å². The highest BCUT2D eigenvalue weighted by Crippen LogP contribution is 2.65. The first-order chi connectivity index (χ1) is 15.9. The number of benzene rings is 2. The average molecular weight is 526 g/mol. The highest BCUT2D eigenvalue weighted by Gasteiger charge is 2.67. The van der Waals surface area contributed by atoms with Gasteiger partial charge in [-0.25, -0.2) is 0 Å². The van der Waals surface area contributed by atoms with Crippen LogP contribution in [0.25, 0.3) is 0 Å². The number of nitrogens with zero attached hydrogens (tertiary/aromatic N) is 2. The lowest BCUT2D eigenvalue weighted by atomic mass is 9.63. The molecular weight excluding hydrogens is 504 g/mol. The lowest BCUT2D eigenvalue weighted by Gasteiger charge is -2.37. The predicted octanol–water partition coefficient (Wildman–Crippen LogP) is 5.07. The number of amides is 3. The quantitative estimate of drug-likeness (QED) is 0.414. The molecule has 0 radical (unpaired) electrons. The van der Waals surface area contributed by atoms with Crippen molar-refractivity contribution in [3.63, 3.8) is 0 Å². The van der Waals surface area contributed by atoms with Crippen molar-refractivity contribution >= 4 is 50.9 Å². The fourth-order valence-corrected chi connectivity index (χ4v) is 6.62. The number of likely N-dealkylation sites (tertiary alicyclic amines) is 1. The maximum absolute atomic E-state index is 13.6. The van der Waals surface area contributed by atoms with Gasteiger partial charge in [0.1, 0.15) is 6.67 Å². The largest absolute Gasteiger partial charge is 0.289 e. The number of halogens is 2. The molecule has 0 spiro atoms. The normalized spacial score (nSPS) is 30.9. The van der Waals surface area contributed by atoms with Crippen LogP contribution in [-0.2, 0) is 9.59 Å². The summed E-state index contributed by atoms with van der Waals surface area (Å²) in [5, 5.41) is 0.524. The molecule has 7 heteroatoms. The van der Waals surface area contributed by atoms with E-state index in [1.165, 1.54) is 9.80 Å². The molecule has 1 saturated heterocycles. The van der Waals surface area contributed by atoms with Gasteiger partial charge >= 0.3 is 0 Å². The van der Waals surface area contributed by atoms with E-state index in [1.54, 1.807) is 42.5 Å². The predicted molar refractivity (Wildman–Crippen MR) is 129 cm³/mol. The zero-order valence-electron chi connectivity index (χ0n) is 17.9. The molecule has 2 saturated carbocycles. The average Bonchev–Trinajstić information content (AvgIpc) is 3.60. The maximum atomic E-state index is 13.6. The molecule has 1 heterocycles. The van der Waals surface area contributed by atoms with E-state index in [-0.39, 0.29) is 48.1 Å². The summed E-state index contributed by atoms with van der Waals surface area (Å²) in [6.45, 7) is 1.72. The van der Waals surface area contributed by atoms with Crippen LogP contribution in [-0.4, -0.2) is 29.3 Å². The van der Waals surface area contributed by atoms with Crippen molar-refractivity contribution in [2.75, 3.05) is 11.6 Å². The molecule has 2 aromatic rings. The first kappa shape index (κ1) is 21.1. The molecule has 6 unspecified atom stereocenters. The Bertz CT molecular complexity index is 1190. The second kappa shape index (κ2) is 7.54. The Labute approximate surface area is 205 Å². The molecule has 1 aliphatic heterocycles. The van der Waals surface area contributed by atoms with Crippen LogP contribution in [0.5, 0.6) is 0 Å². The number of carbonyl (C=O) groups is 3. The zero-order chi connectivity index (χ0) is 23.0. The van der Waals surface area contributed by atoms with Gasteiger partial charge in [0.05, 0.1) is 17.5 Å². The Morgan fingerprint density at radius 2 is 1.64 bits per heavy atom. The number of hydrogen-bond acceptors (Lipinski definition) is 3. The van der Waals surface area contributed by atoms with Crippen molar-refractivity contribution in [2.24, 2.45) is 35.5 Å². The first-order valence-corrected chi connectivity index (χ1v) is 12.4. The number of rotatable bonds is 4. The first-order valence-electron chi connectivity index (χ1n) is 11.2. The van der Waals surface area contributed by atoms with E-state index in [0.717, 1.165) is 16.5 Å². The molecule has 7 rings (SSSR count). The smallest absolute Gasteiger partial charge is 0.259 e. The Kier molecular flexibility index (Phi) is 4.82. The van der Waals surface area contributed by atoms with Crippen LogP contribution in [0.2, 0.25) is 5.02 Å². The zero-order valence-corrected chi connectivity index (χ0v) is 20.3. The van der Waals surface area contributed by atoms with Gasteiger partial charge in [-0.2, -0.15) is 0 Å². The molecule has 0 N–H and O–H groups in total. The number of hydrogen-bond donors (Lipinski definition) is 0. The second-order valence-electron chi connectivity index (χ2n) is 9.52. The van der Waals surface area contributed by atoms with Crippen molar-refractivity contribution in [1.82, 2.24) is 4.90 Å². The third kappa shape index (κ3) is 3.14. The highest BCUT2D eigenvalue weighted by molar-refractivity contribution is 9.10. The van der Waals surface area contributed by atoms with E-state index in [9.17, 15) is 14.4 Å². The van der Waals surface area contributed by atoms with Gasteiger partial charge in [-0.3, -0.25) is 24.2 Å². The molecule has 6 atom stereocenters. The van der Waals surface area contributed by atoms with Crippen molar-refractivity contribution in [3.8, 4) is 0 Å². The minimum Gasteiger partial charge on any atom is -0.289 e. The highest BCUT2D eigenvalue weighted by atomic mass is 79.9. The van der Waals surface area contributed by atoms with E-state index >= 15 is 0 Å². The van der Waals surface area contributed by atoms with Gasteiger partial charge < -0.3 is 0 Å². The summed E-state index contributed by atoms with van der Waals surface area (Å²) in [5.74, 6) is 0.202. The summed E-state index contributed by atoms with van der Waals surface area (Å²) in [6.07, 6.45) is 5.42. The summed E-state index contributed by atoms with van der Waals surface area (Å²) in [7, 11) is 0. The standard InChI is InChI=1S/C26H22BrClN2O3/c1-13-20(28)3-2-4-21(13)29(24(31)14-5-7-15(27)8-6-14)12-30-25(32)22-16-9-10-17(19-11-18(16)19)23(22)26(30)33/h2-10,16-19,22-23H,11-12H2,1H3. The fraction of sp³-hybridized carbons (Fsp3) is 0.346. The van der Waals surface area contributed by atoms with Gasteiger partial charge in [0.15, 0.2) is 0 Å². The fourth-order valence-electron chi connectivity index (χ4n) is 6.19. The number of anilines is 1. The summed E-state index contributed by atoms with van der Waals surface area (Å²) in [4.78, 5) is 43.5. The number of imide groups is 1. The number of carbonyl (C=O) groups excluding carboxylic acids is 3. The monoisotopic (exact) mass is 524 g/mol. The molecule has 2 bridgehead atoms. The Morgan fingerprint density at radius 1 is 1.03 bits per heavy atom. The minimum atomic E-state index is -0.290. The molecule has 2 aromatic carbocycles. The Morgan fingerprint density at radius 3 is 2.24 bits per heavy atom. The van der Waals surface area contributed by atoms with Crippen LogP contribution in [0.15, 0.2) is 59.1 Å². The van der Waals surface area contributed by atoms with E-state index in [1.807, 2.05) is 6.92 Å². The van der Waals surface area contributed by atoms with E-state index in [4.69, 9.17) is 11.6 Å². The Balaban J connectivity index is 1.37. The van der Waals surface area contributed by atoms with E-state index in [0.29, 0.717) is 28.1 Å². The van der Waals surface area contributed by atoms with Crippen molar-refractivity contribution < 1.29 is 14.4 Å². The van der Waals surface area contributed by atoms with Gasteiger partial charge in [0, 0.05) is 15.1 Å². The van der Waals surface area contributed by atoms with Crippen molar-refractivity contribution in [1.29, 1.82) is 0 Å². The van der Waals surface area contributed by atoms with Crippen molar-refractivity contribution in [2.45, 2.75) is 13.3 Å². The third-order valence-electron chi connectivity index (χ3n) is 7.90. The van der Waals surface area contributed by atoms with Crippen molar-refractivity contribution in [3.05, 3.63) is 75.2 Å². The molecule has 4 aliphatic carbocycles. The molecular formula is C26H22BrClN2O3. The van der Waals surface area contributed by atoms with Crippen LogP contribution in [0.1, 0.15) is 22.3 Å². The summed E-state index contributed by atoms with van der Waals surface area (Å²) < 4.78 is 0.861. The van der Waals surface area contributed by atoms with Crippen LogP contribution in [0, 0.1) is 42.4 Å².